The largest absolute Gasteiger partial charge is 0.480 e. The molecule has 0 bridgehead atoms. The summed E-state index contributed by atoms with van der Waals surface area (Å²) >= 11 is 1.49. The summed E-state index contributed by atoms with van der Waals surface area (Å²) in [5, 5.41) is 9.19. The Morgan fingerprint density at radius 1 is 1.33 bits per heavy atom. The highest BCUT2D eigenvalue weighted by Gasteiger charge is 2.48. The van der Waals surface area contributed by atoms with Gasteiger partial charge in [0.1, 0.15) is 6.04 Å². The first-order valence-corrected chi connectivity index (χ1v) is 7.92. The van der Waals surface area contributed by atoms with Crippen LogP contribution < -0.4 is 0 Å². The first-order chi connectivity index (χ1) is 8.56. The van der Waals surface area contributed by atoms with Crippen molar-refractivity contribution in [2.24, 2.45) is 5.92 Å². The number of fused-ring (bicyclic) bond motifs is 1. The molecule has 2 rings (SSSR count). The van der Waals surface area contributed by atoms with Crippen molar-refractivity contribution in [1.82, 2.24) is 4.90 Å². The summed E-state index contributed by atoms with van der Waals surface area (Å²) in [4.78, 5) is 25.4. The van der Waals surface area contributed by atoms with Gasteiger partial charge in [-0.1, -0.05) is 12.8 Å². The maximum atomic E-state index is 12.4. The SMILES string of the molecule is CS[C@H](C)C(=O)N1[C@H](C(=O)O)C[C@H]2CCCC[C@@H]21. The van der Waals surface area contributed by atoms with Crippen molar-refractivity contribution in [3.63, 3.8) is 0 Å². The van der Waals surface area contributed by atoms with Crippen LogP contribution in [0.25, 0.3) is 0 Å². The summed E-state index contributed by atoms with van der Waals surface area (Å²) in [6.07, 6.45) is 6.88. The van der Waals surface area contributed by atoms with Crippen LogP contribution in [0.1, 0.15) is 39.0 Å². The van der Waals surface area contributed by atoms with E-state index in [-0.39, 0.29) is 17.2 Å². The number of hydrogen-bond acceptors (Lipinski definition) is 3. The monoisotopic (exact) mass is 271 g/mol. The highest BCUT2D eigenvalue weighted by Crippen LogP contribution is 2.40. The molecule has 102 valence electrons. The number of carboxylic acids is 1. The van der Waals surface area contributed by atoms with E-state index in [9.17, 15) is 14.7 Å². The normalized spacial score (nSPS) is 33.0. The Kier molecular flexibility index (Phi) is 4.20. The van der Waals surface area contributed by atoms with E-state index in [1.807, 2.05) is 13.2 Å². The Bertz CT molecular complexity index is 347. The third kappa shape index (κ3) is 2.37. The second kappa shape index (κ2) is 5.51. The Hall–Kier alpha value is -0.710. The van der Waals surface area contributed by atoms with E-state index in [4.69, 9.17) is 0 Å². The Balaban J connectivity index is 2.21. The highest BCUT2D eigenvalue weighted by molar-refractivity contribution is 7.99. The molecular weight excluding hydrogens is 250 g/mol. The molecule has 4 atom stereocenters. The molecule has 1 aliphatic carbocycles. The van der Waals surface area contributed by atoms with Crippen LogP contribution in [0.2, 0.25) is 0 Å². The third-order valence-electron chi connectivity index (χ3n) is 4.33. The fourth-order valence-corrected chi connectivity index (χ4v) is 3.63. The van der Waals surface area contributed by atoms with Gasteiger partial charge in [0.2, 0.25) is 5.91 Å². The Morgan fingerprint density at radius 2 is 2.00 bits per heavy atom. The predicted octanol–water partition coefficient (Wildman–Crippen LogP) is 1.98. The molecule has 5 heteroatoms. The van der Waals surface area contributed by atoms with Crippen molar-refractivity contribution in [3.05, 3.63) is 0 Å². The molecule has 0 aromatic heterocycles. The van der Waals surface area contributed by atoms with Gasteiger partial charge in [0.05, 0.1) is 5.25 Å². The average molecular weight is 271 g/mol. The molecule has 0 aromatic rings. The van der Waals surface area contributed by atoms with E-state index in [1.165, 1.54) is 18.2 Å². The molecule has 18 heavy (non-hydrogen) atoms. The van der Waals surface area contributed by atoms with E-state index in [2.05, 4.69) is 0 Å². The predicted molar refractivity (Wildman–Crippen MR) is 71.6 cm³/mol. The zero-order chi connectivity index (χ0) is 13.3. The number of thioether (sulfide) groups is 1. The molecule has 1 saturated heterocycles. The molecule has 0 aromatic carbocycles. The van der Waals surface area contributed by atoms with Gasteiger partial charge in [0.25, 0.3) is 0 Å². The first kappa shape index (κ1) is 13.7. The minimum atomic E-state index is -0.842. The topological polar surface area (TPSA) is 57.6 Å². The van der Waals surface area contributed by atoms with E-state index in [0.717, 1.165) is 19.3 Å². The number of rotatable bonds is 3. The lowest BCUT2D eigenvalue weighted by atomic mass is 9.84. The molecule has 1 heterocycles. The number of carbonyl (C=O) groups excluding carboxylic acids is 1. The highest BCUT2D eigenvalue weighted by atomic mass is 32.2. The summed E-state index contributed by atoms with van der Waals surface area (Å²) in [5.74, 6) is -0.437. The van der Waals surface area contributed by atoms with Crippen molar-refractivity contribution in [2.75, 3.05) is 6.26 Å². The van der Waals surface area contributed by atoms with Crippen molar-refractivity contribution in [3.8, 4) is 0 Å². The lowest BCUT2D eigenvalue weighted by molar-refractivity contribution is -0.149. The van der Waals surface area contributed by atoms with E-state index in [1.54, 1.807) is 4.90 Å². The summed E-state index contributed by atoms with van der Waals surface area (Å²) in [6.45, 7) is 1.86. The molecule has 0 spiro atoms. The summed E-state index contributed by atoms with van der Waals surface area (Å²) in [7, 11) is 0. The quantitative estimate of drug-likeness (QED) is 0.852. The van der Waals surface area contributed by atoms with E-state index in [0.29, 0.717) is 12.3 Å². The van der Waals surface area contributed by atoms with Crippen molar-refractivity contribution >= 4 is 23.6 Å². The maximum absolute atomic E-state index is 12.4. The van der Waals surface area contributed by atoms with Crippen LogP contribution in [0, 0.1) is 5.92 Å². The molecular formula is C13H21NO3S. The maximum Gasteiger partial charge on any atom is 0.326 e. The fourth-order valence-electron chi connectivity index (χ4n) is 3.31. The number of carbonyl (C=O) groups is 2. The van der Waals surface area contributed by atoms with Crippen LogP contribution >= 0.6 is 11.8 Å². The summed E-state index contributed by atoms with van der Waals surface area (Å²) < 4.78 is 0. The van der Waals surface area contributed by atoms with Gasteiger partial charge < -0.3 is 10.0 Å². The number of carboxylic acid groups (broad SMARTS) is 1. The number of aliphatic carboxylic acids is 1. The molecule has 2 aliphatic rings. The number of amides is 1. The zero-order valence-corrected chi connectivity index (χ0v) is 11.8. The second-order valence-corrected chi connectivity index (χ2v) is 6.50. The van der Waals surface area contributed by atoms with Gasteiger partial charge in [0, 0.05) is 6.04 Å². The van der Waals surface area contributed by atoms with Gasteiger partial charge in [-0.2, -0.15) is 11.8 Å². The van der Waals surface area contributed by atoms with Crippen molar-refractivity contribution in [1.29, 1.82) is 0 Å². The molecule has 4 nitrogen and oxygen atoms in total. The lowest BCUT2D eigenvalue weighted by Crippen LogP contribution is -2.49. The average Bonchev–Trinajstić information content (AvgIpc) is 2.76. The van der Waals surface area contributed by atoms with Gasteiger partial charge in [-0.25, -0.2) is 4.79 Å². The standard InChI is InChI=1S/C13H21NO3S/c1-8(18-2)12(15)14-10-6-4-3-5-9(10)7-11(14)13(16)17/h8-11H,3-7H2,1-2H3,(H,16,17)/t8-,9-,10+,11+/m1/s1. The summed E-state index contributed by atoms with van der Waals surface area (Å²) in [5.41, 5.74) is 0. The fraction of sp³-hybridized carbons (Fsp3) is 0.846. The van der Waals surface area contributed by atoms with Gasteiger partial charge in [-0.15, -0.1) is 0 Å². The Labute approximate surface area is 112 Å². The van der Waals surface area contributed by atoms with E-state index >= 15 is 0 Å². The van der Waals surface area contributed by atoms with Gasteiger partial charge in [-0.3, -0.25) is 4.79 Å². The molecule has 1 amide bonds. The zero-order valence-electron chi connectivity index (χ0n) is 11.0. The first-order valence-electron chi connectivity index (χ1n) is 6.64. The minimum absolute atomic E-state index is 0.00398. The molecule has 0 radical (unpaired) electrons. The van der Waals surface area contributed by atoms with Crippen LogP contribution in [0.15, 0.2) is 0 Å². The minimum Gasteiger partial charge on any atom is -0.480 e. The molecule has 0 unspecified atom stereocenters. The summed E-state index contributed by atoms with van der Waals surface area (Å²) in [6, 6.07) is -0.429. The molecule has 1 saturated carbocycles. The molecule has 1 aliphatic heterocycles. The number of nitrogens with zero attached hydrogens (tertiary/aromatic N) is 1. The van der Waals surface area contributed by atoms with Gasteiger partial charge in [-0.05, 0) is 38.4 Å². The molecule has 1 N–H and O–H groups in total. The van der Waals surface area contributed by atoms with Gasteiger partial charge >= 0.3 is 5.97 Å². The number of hydrogen-bond donors (Lipinski definition) is 1. The lowest BCUT2D eigenvalue weighted by Gasteiger charge is -2.34. The van der Waals surface area contributed by atoms with Crippen LogP contribution in [-0.4, -0.2) is 45.5 Å². The van der Waals surface area contributed by atoms with Crippen LogP contribution in [-0.2, 0) is 9.59 Å². The van der Waals surface area contributed by atoms with Crippen LogP contribution in [0.5, 0.6) is 0 Å². The molecule has 2 fully saturated rings. The number of likely N-dealkylation sites (tertiary alicyclic amines) is 1. The Morgan fingerprint density at radius 3 is 2.61 bits per heavy atom. The van der Waals surface area contributed by atoms with Crippen molar-refractivity contribution in [2.45, 2.75) is 56.4 Å². The van der Waals surface area contributed by atoms with Crippen LogP contribution in [0.4, 0.5) is 0 Å². The van der Waals surface area contributed by atoms with Crippen molar-refractivity contribution < 1.29 is 14.7 Å². The van der Waals surface area contributed by atoms with Gasteiger partial charge in [0.15, 0.2) is 0 Å². The third-order valence-corrected chi connectivity index (χ3v) is 5.24. The van der Waals surface area contributed by atoms with Crippen LogP contribution in [0.3, 0.4) is 0 Å². The smallest absolute Gasteiger partial charge is 0.326 e. The second-order valence-electron chi connectivity index (χ2n) is 5.33. The van der Waals surface area contributed by atoms with E-state index < -0.39 is 12.0 Å².